The van der Waals surface area contributed by atoms with Gasteiger partial charge in [0.1, 0.15) is 0 Å². The van der Waals surface area contributed by atoms with E-state index >= 15 is 0 Å². The van der Waals surface area contributed by atoms with Crippen molar-refractivity contribution in [2.75, 3.05) is 4.90 Å². The van der Waals surface area contributed by atoms with E-state index in [1.54, 1.807) is 5.56 Å². The summed E-state index contributed by atoms with van der Waals surface area (Å²) in [4.78, 5) is 2.76. The zero-order valence-corrected chi connectivity index (χ0v) is 32.7. The first kappa shape index (κ1) is 32.9. The maximum Gasteiger partial charge on any atom is 0.0632 e. The maximum atomic E-state index is 2.76. The molecule has 0 radical (unpaired) electrons. The molecule has 13 rings (SSSR count). The van der Waals surface area contributed by atoms with Gasteiger partial charge in [-0.1, -0.05) is 164 Å². The van der Waals surface area contributed by atoms with Crippen LogP contribution >= 0.6 is 0 Å². The molecule has 6 aliphatic carbocycles. The number of nitrogens with zero attached hydrogens (tertiary/aromatic N) is 2. The fraction of sp³-hybridized carbons (Fsp3) is 0.214. The van der Waals surface area contributed by atoms with Gasteiger partial charge in [-0.3, -0.25) is 0 Å². The van der Waals surface area contributed by atoms with Crippen molar-refractivity contribution in [1.29, 1.82) is 0 Å². The molecule has 2 heterocycles. The number of rotatable bonds is 4. The highest BCUT2D eigenvalue weighted by Gasteiger charge is 2.42. The van der Waals surface area contributed by atoms with E-state index in [0.717, 1.165) is 25.7 Å². The standard InChI is InChI=1S/C56H46N2/c1-2-13-41-35(11-1)12-9-22-51(41)58-53-21-8-6-17-45(53)50-34-38(26-32-55(50)58)37-25-31-54-49(33-37)44-16-5-7-20-52(44)57(54)39-27-23-36(24-28-39)40-29-30-48-43-15-4-3-14-42(43)47-19-10-18-46(40)56(47)48/h1-18,20-21,23,25,27,29-34,36,38-39,47,49,51,54H,19,22,24,26,28H2. The van der Waals surface area contributed by atoms with E-state index in [2.05, 4.69) is 185 Å². The summed E-state index contributed by atoms with van der Waals surface area (Å²) in [5, 5.41) is 4.16. The van der Waals surface area contributed by atoms with Crippen molar-refractivity contribution >= 4 is 40.9 Å². The molecule has 7 aliphatic rings. The third kappa shape index (κ3) is 4.72. The second-order valence-corrected chi connectivity index (χ2v) is 17.6. The van der Waals surface area contributed by atoms with Gasteiger partial charge in [-0.05, 0) is 99.9 Å². The molecular formula is C56H46N2. The van der Waals surface area contributed by atoms with E-state index < -0.39 is 0 Å². The number of anilines is 1. The van der Waals surface area contributed by atoms with Gasteiger partial charge >= 0.3 is 0 Å². The molecule has 1 aromatic heterocycles. The van der Waals surface area contributed by atoms with E-state index in [0.29, 0.717) is 41.8 Å². The molecule has 1 aliphatic heterocycles. The van der Waals surface area contributed by atoms with Crippen molar-refractivity contribution in [3.63, 3.8) is 0 Å². The summed E-state index contributed by atoms with van der Waals surface area (Å²) in [6.07, 6.45) is 32.9. The van der Waals surface area contributed by atoms with Crippen molar-refractivity contribution in [3.05, 3.63) is 207 Å². The quantitative estimate of drug-likeness (QED) is 0.163. The molecule has 0 amide bonds. The number of para-hydroxylation sites is 2. The first-order valence-corrected chi connectivity index (χ1v) is 21.7. The van der Waals surface area contributed by atoms with Crippen LogP contribution in [0.25, 0.3) is 46.3 Å². The van der Waals surface area contributed by atoms with Crippen LogP contribution in [0.1, 0.15) is 94.8 Å². The second-order valence-electron chi connectivity index (χ2n) is 17.6. The van der Waals surface area contributed by atoms with Crippen molar-refractivity contribution in [1.82, 2.24) is 4.57 Å². The van der Waals surface area contributed by atoms with Crippen LogP contribution in [0.2, 0.25) is 0 Å². The zero-order chi connectivity index (χ0) is 37.9. The second kappa shape index (κ2) is 12.7. The highest BCUT2D eigenvalue weighted by atomic mass is 15.2. The van der Waals surface area contributed by atoms with E-state index in [4.69, 9.17) is 0 Å². The van der Waals surface area contributed by atoms with Crippen LogP contribution in [-0.4, -0.2) is 16.7 Å². The molecule has 0 bridgehead atoms. The minimum absolute atomic E-state index is 0.305. The SMILES string of the molecule is C1=Cc2c(C3C=CC(N4c5ccccc5C5C=C(C6C=c7c(n(C8CC=Cc9ccccc98)c8ccccc78)=CC6)C=CC54)CC3)ccc3c2C(C1)c1ccccc1-3. The first-order chi connectivity index (χ1) is 28.8. The summed E-state index contributed by atoms with van der Waals surface area (Å²) in [6, 6.07) is 42.3. The Bertz CT molecular complexity index is 3000. The molecule has 6 aromatic rings. The molecule has 7 unspecified atom stereocenters. The molecule has 2 heteroatoms. The van der Waals surface area contributed by atoms with Crippen LogP contribution in [0.3, 0.4) is 0 Å². The lowest BCUT2D eigenvalue weighted by molar-refractivity contribution is 0.527. The largest absolute Gasteiger partial charge is 0.357 e. The smallest absolute Gasteiger partial charge is 0.0632 e. The summed E-state index contributed by atoms with van der Waals surface area (Å²) in [5.41, 5.74) is 17.4. The number of hydrogen-bond acceptors (Lipinski definition) is 1. The number of fused-ring (bicyclic) bond motifs is 10. The molecule has 0 saturated heterocycles. The molecule has 0 N–H and O–H groups in total. The minimum atomic E-state index is 0.305. The van der Waals surface area contributed by atoms with Gasteiger partial charge < -0.3 is 9.47 Å². The lowest BCUT2D eigenvalue weighted by atomic mass is 9.78. The van der Waals surface area contributed by atoms with Crippen molar-refractivity contribution in [2.24, 2.45) is 5.92 Å². The molecule has 5 aromatic carbocycles. The monoisotopic (exact) mass is 746 g/mol. The van der Waals surface area contributed by atoms with E-state index in [-0.39, 0.29) is 0 Å². The molecule has 58 heavy (non-hydrogen) atoms. The molecule has 2 nitrogen and oxygen atoms in total. The zero-order valence-electron chi connectivity index (χ0n) is 32.7. The van der Waals surface area contributed by atoms with Crippen LogP contribution in [0.5, 0.6) is 0 Å². The highest BCUT2D eigenvalue weighted by molar-refractivity contribution is 5.86. The average Bonchev–Trinajstić information content (AvgIpc) is 3.92. The predicted molar refractivity (Wildman–Crippen MR) is 241 cm³/mol. The minimum Gasteiger partial charge on any atom is -0.357 e. The molecule has 0 spiro atoms. The summed E-state index contributed by atoms with van der Waals surface area (Å²) < 4.78 is 2.64. The van der Waals surface area contributed by atoms with Crippen LogP contribution in [0.15, 0.2) is 157 Å². The lowest BCUT2D eigenvalue weighted by Gasteiger charge is -2.38. The summed E-state index contributed by atoms with van der Waals surface area (Å²) in [5.74, 6) is 1.66. The summed E-state index contributed by atoms with van der Waals surface area (Å²) >= 11 is 0. The van der Waals surface area contributed by atoms with Gasteiger partial charge in [0.15, 0.2) is 0 Å². The Labute approximate surface area is 340 Å². The van der Waals surface area contributed by atoms with E-state index in [1.807, 2.05) is 0 Å². The Hall–Kier alpha value is -6.12. The van der Waals surface area contributed by atoms with Crippen molar-refractivity contribution < 1.29 is 0 Å². The van der Waals surface area contributed by atoms with E-state index in [9.17, 15) is 0 Å². The number of benzene rings is 5. The van der Waals surface area contributed by atoms with Crippen LogP contribution in [-0.2, 0) is 0 Å². The Morgan fingerprint density at radius 3 is 2.33 bits per heavy atom. The number of aromatic nitrogens is 1. The summed E-state index contributed by atoms with van der Waals surface area (Å²) in [7, 11) is 0. The van der Waals surface area contributed by atoms with Gasteiger partial charge in [0.25, 0.3) is 0 Å². The average molecular weight is 747 g/mol. The van der Waals surface area contributed by atoms with E-state index in [1.165, 1.54) is 83.7 Å². The van der Waals surface area contributed by atoms with Crippen LogP contribution < -0.4 is 15.5 Å². The fourth-order valence-corrected chi connectivity index (χ4v) is 12.3. The Morgan fingerprint density at radius 1 is 0.569 bits per heavy atom. The number of hydrogen-bond donors (Lipinski definition) is 0. The fourth-order valence-electron chi connectivity index (χ4n) is 12.3. The predicted octanol–water partition coefficient (Wildman–Crippen LogP) is 11.7. The summed E-state index contributed by atoms with van der Waals surface area (Å²) in [6.45, 7) is 0. The third-order valence-electron chi connectivity index (χ3n) is 14.8. The molecule has 280 valence electrons. The van der Waals surface area contributed by atoms with Crippen LogP contribution in [0.4, 0.5) is 5.69 Å². The van der Waals surface area contributed by atoms with Gasteiger partial charge in [0.05, 0.1) is 12.1 Å². The third-order valence-corrected chi connectivity index (χ3v) is 14.8. The highest BCUT2D eigenvalue weighted by Crippen LogP contribution is 2.53. The maximum absolute atomic E-state index is 2.76. The first-order valence-electron chi connectivity index (χ1n) is 21.7. The normalized spacial score (nSPS) is 26.5. The van der Waals surface area contributed by atoms with Gasteiger partial charge in [-0.25, -0.2) is 0 Å². The molecule has 0 saturated carbocycles. The van der Waals surface area contributed by atoms with Gasteiger partial charge in [-0.15, -0.1) is 0 Å². The van der Waals surface area contributed by atoms with Crippen molar-refractivity contribution in [3.8, 4) is 11.1 Å². The number of allylic oxidation sites excluding steroid dienone is 5. The Morgan fingerprint density at radius 2 is 1.40 bits per heavy atom. The topological polar surface area (TPSA) is 8.17 Å². The van der Waals surface area contributed by atoms with Crippen LogP contribution in [0, 0.1) is 5.92 Å². The van der Waals surface area contributed by atoms with Gasteiger partial charge in [0, 0.05) is 56.9 Å². The Balaban J connectivity index is 0.812. The molecule has 0 fully saturated rings. The van der Waals surface area contributed by atoms with Crippen molar-refractivity contribution in [2.45, 2.75) is 68.0 Å². The molecular weight excluding hydrogens is 701 g/mol. The van der Waals surface area contributed by atoms with Gasteiger partial charge in [-0.2, -0.15) is 0 Å². The molecule has 7 atom stereocenters. The lowest BCUT2D eigenvalue weighted by Crippen LogP contribution is -2.42. The Kier molecular flexibility index (Phi) is 7.20. The van der Waals surface area contributed by atoms with Gasteiger partial charge in [0.2, 0.25) is 0 Å².